The molecule has 0 atom stereocenters. The Labute approximate surface area is 116 Å². The van der Waals surface area contributed by atoms with Gasteiger partial charge in [-0.25, -0.2) is 9.78 Å². The lowest BCUT2D eigenvalue weighted by Gasteiger charge is -2.08. The second kappa shape index (κ2) is 4.52. The highest BCUT2D eigenvalue weighted by atomic mass is 16.5. The van der Waals surface area contributed by atoms with Crippen molar-refractivity contribution in [2.24, 2.45) is 14.1 Å². The van der Waals surface area contributed by atoms with Crippen molar-refractivity contribution in [1.29, 1.82) is 0 Å². The number of ether oxygens (including phenoxy) is 1. The maximum atomic E-state index is 11.8. The van der Waals surface area contributed by atoms with E-state index in [0.717, 1.165) is 22.3 Å². The molecule has 0 amide bonds. The van der Waals surface area contributed by atoms with Crippen LogP contribution in [0, 0.1) is 0 Å². The molecule has 0 saturated heterocycles. The summed E-state index contributed by atoms with van der Waals surface area (Å²) in [6, 6.07) is 7.70. The Bertz CT molecular complexity index is 799. The summed E-state index contributed by atoms with van der Waals surface area (Å²) in [5, 5.41) is 1.02. The minimum atomic E-state index is -0.427. The van der Waals surface area contributed by atoms with Crippen molar-refractivity contribution < 1.29 is 9.53 Å². The molecule has 20 heavy (non-hydrogen) atoms. The predicted molar refractivity (Wildman–Crippen MR) is 76.5 cm³/mol. The molecule has 0 N–H and O–H groups in total. The second-order valence-electron chi connectivity index (χ2n) is 4.71. The van der Waals surface area contributed by atoms with Crippen LogP contribution in [0.2, 0.25) is 0 Å². The molecule has 0 radical (unpaired) electrons. The zero-order valence-electron chi connectivity index (χ0n) is 11.6. The fourth-order valence-electron chi connectivity index (χ4n) is 2.38. The maximum Gasteiger partial charge on any atom is 0.356 e. The van der Waals surface area contributed by atoms with E-state index in [1.165, 1.54) is 7.11 Å². The van der Waals surface area contributed by atoms with Gasteiger partial charge in [-0.1, -0.05) is 0 Å². The molecule has 0 aromatic carbocycles. The van der Waals surface area contributed by atoms with Gasteiger partial charge in [-0.15, -0.1) is 0 Å². The Morgan fingerprint density at radius 2 is 2.00 bits per heavy atom. The number of esters is 1. The number of aryl methyl sites for hydroxylation is 2. The fourth-order valence-corrected chi connectivity index (χ4v) is 2.38. The van der Waals surface area contributed by atoms with Crippen molar-refractivity contribution >= 4 is 16.9 Å². The van der Waals surface area contributed by atoms with Gasteiger partial charge in [0.25, 0.3) is 0 Å². The largest absolute Gasteiger partial charge is 0.464 e. The number of hydrogen-bond acceptors (Lipinski definition) is 3. The zero-order chi connectivity index (χ0) is 14.3. The van der Waals surface area contributed by atoms with Crippen LogP contribution in [-0.2, 0) is 18.8 Å². The van der Waals surface area contributed by atoms with Gasteiger partial charge in [0.2, 0.25) is 0 Å². The third-order valence-corrected chi connectivity index (χ3v) is 3.46. The number of fused-ring (bicyclic) bond motifs is 1. The lowest BCUT2D eigenvalue weighted by Crippen LogP contribution is -2.06. The van der Waals surface area contributed by atoms with E-state index in [-0.39, 0.29) is 0 Å². The molecule has 3 aromatic rings. The normalized spacial score (nSPS) is 10.9. The third-order valence-electron chi connectivity index (χ3n) is 3.46. The van der Waals surface area contributed by atoms with Gasteiger partial charge in [0.05, 0.1) is 24.0 Å². The van der Waals surface area contributed by atoms with Crippen LogP contribution in [0.1, 0.15) is 10.5 Å². The number of methoxy groups -OCH3 is 1. The molecule has 0 fully saturated rings. The standard InChI is InChI=1S/C15H15N3O2/c1-17-7-4-5-12(17)14-10-6-8-18(2)13(10)9-11(16-14)15(19)20-3/h4-9H,1-3H3. The molecule has 5 nitrogen and oxygen atoms in total. The lowest BCUT2D eigenvalue weighted by atomic mass is 10.1. The van der Waals surface area contributed by atoms with Crippen molar-refractivity contribution in [3.63, 3.8) is 0 Å². The fraction of sp³-hybridized carbons (Fsp3) is 0.200. The average Bonchev–Trinajstić information content (AvgIpc) is 3.04. The number of carbonyl (C=O) groups excluding carboxylic acids is 1. The first kappa shape index (κ1) is 12.5. The Morgan fingerprint density at radius 1 is 1.20 bits per heavy atom. The van der Waals surface area contributed by atoms with Crippen molar-refractivity contribution in [2.45, 2.75) is 0 Å². The molecule has 3 aromatic heterocycles. The van der Waals surface area contributed by atoms with Gasteiger partial charge in [-0.2, -0.15) is 0 Å². The SMILES string of the molecule is COC(=O)c1cc2c(ccn2C)c(-c2cccn2C)n1. The quantitative estimate of drug-likeness (QED) is 0.671. The van der Waals surface area contributed by atoms with E-state index < -0.39 is 5.97 Å². The highest BCUT2D eigenvalue weighted by Crippen LogP contribution is 2.28. The van der Waals surface area contributed by atoms with Crippen LogP contribution >= 0.6 is 0 Å². The molecule has 0 aliphatic rings. The monoisotopic (exact) mass is 269 g/mol. The lowest BCUT2D eigenvalue weighted by molar-refractivity contribution is 0.0594. The van der Waals surface area contributed by atoms with E-state index in [9.17, 15) is 4.79 Å². The van der Waals surface area contributed by atoms with Crippen LogP contribution < -0.4 is 0 Å². The molecule has 5 heteroatoms. The Morgan fingerprint density at radius 3 is 2.65 bits per heavy atom. The predicted octanol–water partition coefficient (Wildman–Crippen LogP) is 2.37. The number of carbonyl (C=O) groups is 1. The molecule has 3 rings (SSSR count). The highest BCUT2D eigenvalue weighted by molar-refractivity contribution is 5.98. The van der Waals surface area contributed by atoms with Crippen molar-refractivity contribution in [1.82, 2.24) is 14.1 Å². The molecule has 0 aliphatic carbocycles. The molecular weight excluding hydrogens is 254 g/mol. The van der Waals surface area contributed by atoms with Crippen molar-refractivity contribution in [3.8, 4) is 11.4 Å². The molecule has 0 spiro atoms. The first-order valence-electron chi connectivity index (χ1n) is 6.28. The summed E-state index contributed by atoms with van der Waals surface area (Å²) in [5.41, 5.74) is 3.03. The Balaban J connectivity index is 2.35. The molecule has 0 bridgehead atoms. The number of rotatable bonds is 2. The zero-order valence-corrected chi connectivity index (χ0v) is 11.6. The van der Waals surface area contributed by atoms with E-state index in [2.05, 4.69) is 4.98 Å². The molecule has 0 saturated carbocycles. The van der Waals surface area contributed by atoms with Crippen LogP contribution in [0.15, 0.2) is 36.7 Å². The molecule has 3 heterocycles. The molecular formula is C15H15N3O2. The van der Waals surface area contributed by atoms with Gasteiger partial charge in [0.15, 0.2) is 5.69 Å². The summed E-state index contributed by atoms with van der Waals surface area (Å²) in [7, 11) is 5.26. The van der Waals surface area contributed by atoms with Crippen molar-refractivity contribution in [3.05, 3.63) is 42.4 Å². The summed E-state index contributed by atoms with van der Waals surface area (Å²) in [6.07, 6.45) is 3.91. The van der Waals surface area contributed by atoms with Crippen LogP contribution in [0.25, 0.3) is 22.3 Å². The van der Waals surface area contributed by atoms with E-state index in [0.29, 0.717) is 5.69 Å². The van der Waals surface area contributed by atoms with E-state index >= 15 is 0 Å². The van der Waals surface area contributed by atoms with Crippen LogP contribution in [0.3, 0.4) is 0 Å². The Hall–Kier alpha value is -2.56. The van der Waals surface area contributed by atoms with Crippen molar-refractivity contribution in [2.75, 3.05) is 7.11 Å². The summed E-state index contributed by atoms with van der Waals surface area (Å²) in [4.78, 5) is 16.3. The van der Waals surface area contributed by atoms with Gasteiger partial charge >= 0.3 is 5.97 Å². The first-order chi connectivity index (χ1) is 9.61. The van der Waals surface area contributed by atoms with Gasteiger partial charge in [0.1, 0.15) is 0 Å². The van der Waals surface area contributed by atoms with Crippen LogP contribution in [0.4, 0.5) is 0 Å². The number of pyridine rings is 1. The minimum Gasteiger partial charge on any atom is -0.464 e. The summed E-state index contributed by atoms with van der Waals surface area (Å²) in [5.74, 6) is -0.427. The van der Waals surface area contributed by atoms with Crippen LogP contribution in [0.5, 0.6) is 0 Å². The topological polar surface area (TPSA) is 49.0 Å². The smallest absolute Gasteiger partial charge is 0.356 e. The van der Waals surface area contributed by atoms with Gasteiger partial charge < -0.3 is 13.9 Å². The summed E-state index contributed by atoms with van der Waals surface area (Å²) in [6.45, 7) is 0. The molecule has 0 aliphatic heterocycles. The van der Waals surface area contributed by atoms with Gasteiger partial charge in [0, 0.05) is 31.9 Å². The number of hydrogen-bond donors (Lipinski definition) is 0. The maximum absolute atomic E-state index is 11.8. The third kappa shape index (κ3) is 1.79. The van der Waals surface area contributed by atoms with Gasteiger partial charge in [-0.05, 0) is 24.3 Å². The second-order valence-corrected chi connectivity index (χ2v) is 4.71. The Kier molecular flexibility index (Phi) is 2.82. The molecule has 0 unspecified atom stereocenters. The summed E-state index contributed by atoms with van der Waals surface area (Å²) >= 11 is 0. The van der Waals surface area contributed by atoms with Crippen LogP contribution in [-0.4, -0.2) is 27.2 Å². The number of nitrogens with zero attached hydrogens (tertiary/aromatic N) is 3. The molecule has 102 valence electrons. The summed E-state index contributed by atoms with van der Waals surface area (Å²) < 4.78 is 8.74. The van der Waals surface area contributed by atoms with E-state index in [1.54, 1.807) is 6.07 Å². The minimum absolute atomic E-state index is 0.318. The average molecular weight is 269 g/mol. The van der Waals surface area contributed by atoms with E-state index in [4.69, 9.17) is 4.74 Å². The van der Waals surface area contributed by atoms with Gasteiger partial charge in [-0.3, -0.25) is 0 Å². The highest BCUT2D eigenvalue weighted by Gasteiger charge is 2.16. The first-order valence-corrected chi connectivity index (χ1v) is 6.28. The van der Waals surface area contributed by atoms with E-state index in [1.807, 2.05) is 53.8 Å². The number of aromatic nitrogens is 3.